The summed E-state index contributed by atoms with van der Waals surface area (Å²) in [5.74, 6) is -0.373. The number of nitriles is 1. The summed E-state index contributed by atoms with van der Waals surface area (Å²) in [7, 11) is 0. The van der Waals surface area contributed by atoms with Gasteiger partial charge in [0.15, 0.2) is 5.82 Å². The zero-order chi connectivity index (χ0) is 30.0. The molecule has 9 heteroatoms. The average molecular weight is 593 g/mol. The van der Waals surface area contributed by atoms with Gasteiger partial charge in [0.2, 0.25) is 11.8 Å². The van der Waals surface area contributed by atoms with E-state index in [1.165, 1.54) is 17.2 Å². The molecule has 4 aliphatic heterocycles. The number of rotatable bonds is 6. The van der Waals surface area contributed by atoms with Gasteiger partial charge in [0.05, 0.1) is 23.3 Å². The third-order valence-electron chi connectivity index (χ3n) is 11.0. The van der Waals surface area contributed by atoms with E-state index in [0.29, 0.717) is 42.0 Å². The number of ether oxygens (including phenoxy) is 1. The molecule has 0 spiro atoms. The molecule has 6 heterocycles. The lowest BCUT2D eigenvalue weighted by atomic mass is 9.87. The van der Waals surface area contributed by atoms with Crippen LogP contribution in [-0.4, -0.2) is 76.1 Å². The zero-order valence-electron chi connectivity index (χ0n) is 25.0. The third-order valence-corrected chi connectivity index (χ3v) is 11.0. The van der Waals surface area contributed by atoms with Crippen LogP contribution in [0.4, 0.5) is 10.1 Å². The monoisotopic (exact) mass is 592 g/mol. The van der Waals surface area contributed by atoms with Gasteiger partial charge in [0.1, 0.15) is 29.5 Å². The standard InChI is InChI=1S/C35H37FN6O2/c1-2-29(43)41-17-12-27-28(41)20-42(27)33-25(18-37)34(44-21-35-13-6-15-40(35)16-7-14-35)39-32-26(33)19-38-31(30(32)36)24-11-5-9-22-8-3-4-10-23(22)24/h2,5,9,11,19,27-28H,1,3-4,6-8,10,12-17,20-21H2/t27-,28-/m1/s1. The Morgan fingerprint density at radius 3 is 2.77 bits per heavy atom. The lowest BCUT2D eigenvalue weighted by Crippen LogP contribution is -2.63. The highest BCUT2D eigenvalue weighted by atomic mass is 19.1. The number of halogens is 1. The first-order chi connectivity index (χ1) is 21.5. The molecule has 0 radical (unpaired) electrons. The van der Waals surface area contributed by atoms with Crippen LogP contribution in [0.5, 0.6) is 5.88 Å². The molecule has 4 fully saturated rings. The Bertz CT molecular complexity index is 1720. The van der Waals surface area contributed by atoms with Crippen LogP contribution < -0.4 is 9.64 Å². The molecule has 0 saturated carbocycles. The van der Waals surface area contributed by atoms with Crippen LogP contribution in [-0.2, 0) is 17.6 Å². The lowest BCUT2D eigenvalue weighted by molar-refractivity contribution is -0.127. The van der Waals surface area contributed by atoms with Gasteiger partial charge < -0.3 is 14.5 Å². The van der Waals surface area contributed by atoms with E-state index in [2.05, 4.69) is 28.5 Å². The Morgan fingerprint density at radius 2 is 1.98 bits per heavy atom. The molecule has 1 aromatic carbocycles. The SMILES string of the molecule is C=CC(=O)N1CC[C@@H]2[C@H]1CN2c1c(C#N)c(OCC23CCCN2CCC3)nc2c(F)c(-c3cccc4c3CCCC4)ncc12. The number of nitrogens with zero attached hydrogens (tertiary/aromatic N) is 6. The molecule has 0 unspecified atom stereocenters. The molecule has 8 nitrogen and oxygen atoms in total. The summed E-state index contributed by atoms with van der Waals surface area (Å²) in [6.07, 6.45) is 12.3. The third kappa shape index (κ3) is 4.07. The van der Waals surface area contributed by atoms with Crippen molar-refractivity contribution in [1.82, 2.24) is 19.8 Å². The number of carbonyl (C=O) groups is 1. The maximum atomic E-state index is 16.8. The smallest absolute Gasteiger partial charge is 0.246 e. The second kappa shape index (κ2) is 10.6. The van der Waals surface area contributed by atoms with Crippen LogP contribution >= 0.6 is 0 Å². The summed E-state index contributed by atoms with van der Waals surface area (Å²) in [4.78, 5) is 28.5. The lowest BCUT2D eigenvalue weighted by Gasteiger charge is -2.48. The van der Waals surface area contributed by atoms with Crippen LogP contribution in [0.3, 0.4) is 0 Å². The summed E-state index contributed by atoms with van der Waals surface area (Å²) in [6.45, 7) is 7.39. The minimum absolute atomic E-state index is 0.0204. The molecule has 3 aromatic rings. The zero-order valence-corrected chi connectivity index (χ0v) is 25.0. The number of fused-ring (bicyclic) bond motifs is 4. The van der Waals surface area contributed by atoms with Crippen LogP contribution in [0.2, 0.25) is 0 Å². The Morgan fingerprint density at radius 1 is 1.16 bits per heavy atom. The van der Waals surface area contributed by atoms with E-state index >= 15 is 4.39 Å². The molecule has 1 amide bonds. The second-order valence-corrected chi connectivity index (χ2v) is 13.1. The number of amides is 1. The Hall–Kier alpha value is -4.03. The van der Waals surface area contributed by atoms with Gasteiger partial charge >= 0.3 is 0 Å². The fraction of sp³-hybridized carbons (Fsp3) is 0.486. The van der Waals surface area contributed by atoms with Gasteiger partial charge in [-0.1, -0.05) is 24.8 Å². The van der Waals surface area contributed by atoms with Gasteiger partial charge in [-0.15, -0.1) is 0 Å². The van der Waals surface area contributed by atoms with Crippen LogP contribution in [0.25, 0.3) is 22.2 Å². The van der Waals surface area contributed by atoms with Crippen LogP contribution in [0, 0.1) is 17.1 Å². The van der Waals surface area contributed by atoms with Crippen molar-refractivity contribution in [2.75, 3.05) is 37.7 Å². The summed E-state index contributed by atoms with van der Waals surface area (Å²) in [5, 5.41) is 11.1. The van der Waals surface area contributed by atoms with E-state index < -0.39 is 5.82 Å². The van der Waals surface area contributed by atoms with E-state index in [9.17, 15) is 10.1 Å². The average Bonchev–Trinajstić information content (AvgIpc) is 3.72. The van der Waals surface area contributed by atoms with Crippen molar-refractivity contribution in [1.29, 1.82) is 5.26 Å². The molecule has 8 rings (SSSR count). The highest BCUT2D eigenvalue weighted by Crippen LogP contribution is 2.46. The van der Waals surface area contributed by atoms with Crippen LogP contribution in [0.15, 0.2) is 37.1 Å². The number of anilines is 1. The Labute approximate surface area is 257 Å². The number of likely N-dealkylation sites (tertiary alicyclic amines) is 1. The van der Waals surface area contributed by atoms with E-state index in [0.717, 1.165) is 76.4 Å². The van der Waals surface area contributed by atoms with Crippen molar-refractivity contribution >= 4 is 22.5 Å². The first-order valence-corrected chi connectivity index (χ1v) is 16.1. The highest BCUT2D eigenvalue weighted by molar-refractivity contribution is 5.98. The van der Waals surface area contributed by atoms with Gasteiger partial charge in [0.25, 0.3) is 0 Å². The van der Waals surface area contributed by atoms with Crippen molar-refractivity contribution < 1.29 is 13.9 Å². The number of aryl methyl sites for hydroxylation is 1. The van der Waals surface area contributed by atoms with Crippen molar-refractivity contribution in [3.05, 3.63) is 59.6 Å². The first kappa shape index (κ1) is 27.5. The molecule has 4 saturated heterocycles. The van der Waals surface area contributed by atoms with E-state index in [1.807, 2.05) is 17.0 Å². The van der Waals surface area contributed by atoms with Gasteiger partial charge in [0, 0.05) is 30.2 Å². The minimum Gasteiger partial charge on any atom is -0.475 e. The molecule has 226 valence electrons. The van der Waals surface area contributed by atoms with Gasteiger partial charge in [-0.2, -0.15) is 5.26 Å². The molecule has 2 aromatic heterocycles. The Kier molecular flexibility index (Phi) is 6.60. The number of pyridine rings is 2. The summed E-state index contributed by atoms with van der Waals surface area (Å²) >= 11 is 0. The van der Waals surface area contributed by atoms with Crippen molar-refractivity contribution in [2.24, 2.45) is 0 Å². The van der Waals surface area contributed by atoms with Crippen LogP contribution in [0.1, 0.15) is 61.6 Å². The van der Waals surface area contributed by atoms with E-state index in [4.69, 9.17) is 14.7 Å². The van der Waals surface area contributed by atoms with Gasteiger partial charge in [-0.05, 0) is 88.1 Å². The summed E-state index contributed by atoms with van der Waals surface area (Å²) in [5.41, 5.74) is 4.61. The molecule has 0 bridgehead atoms. The number of benzene rings is 1. The molecular weight excluding hydrogens is 555 g/mol. The Balaban J connectivity index is 1.25. The molecule has 5 aliphatic rings. The predicted molar refractivity (Wildman–Crippen MR) is 166 cm³/mol. The number of hydrogen-bond acceptors (Lipinski definition) is 7. The number of carbonyl (C=O) groups excluding carboxylic acids is 1. The first-order valence-electron chi connectivity index (χ1n) is 16.1. The van der Waals surface area contributed by atoms with E-state index in [1.54, 1.807) is 6.20 Å². The van der Waals surface area contributed by atoms with Crippen molar-refractivity contribution in [3.8, 4) is 23.2 Å². The topological polar surface area (TPSA) is 85.6 Å². The second-order valence-electron chi connectivity index (χ2n) is 13.1. The minimum atomic E-state index is -0.481. The largest absolute Gasteiger partial charge is 0.475 e. The number of aromatic nitrogens is 2. The maximum absolute atomic E-state index is 16.8. The predicted octanol–water partition coefficient (Wildman–Crippen LogP) is 5.17. The van der Waals surface area contributed by atoms with Gasteiger partial charge in [-0.3, -0.25) is 14.7 Å². The summed E-state index contributed by atoms with van der Waals surface area (Å²) < 4.78 is 23.3. The summed E-state index contributed by atoms with van der Waals surface area (Å²) in [6, 6.07) is 8.51. The van der Waals surface area contributed by atoms with Gasteiger partial charge in [-0.25, -0.2) is 9.37 Å². The maximum Gasteiger partial charge on any atom is 0.246 e. The molecule has 44 heavy (non-hydrogen) atoms. The fourth-order valence-electron chi connectivity index (χ4n) is 8.78. The normalized spacial score (nSPS) is 23.5. The molecule has 2 atom stereocenters. The molecular formula is C35H37FN6O2. The van der Waals surface area contributed by atoms with Crippen molar-refractivity contribution in [2.45, 2.75) is 75.4 Å². The molecule has 0 N–H and O–H groups in total. The van der Waals surface area contributed by atoms with E-state index in [-0.39, 0.29) is 34.9 Å². The fourth-order valence-corrected chi connectivity index (χ4v) is 8.78. The quantitative estimate of drug-likeness (QED) is 0.365. The van der Waals surface area contributed by atoms with Crippen molar-refractivity contribution in [3.63, 3.8) is 0 Å². The number of hydrogen-bond donors (Lipinski definition) is 0. The molecule has 1 aliphatic carbocycles. The highest BCUT2D eigenvalue weighted by Gasteiger charge is 2.50.